The second kappa shape index (κ2) is 10.9. The lowest BCUT2D eigenvalue weighted by molar-refractivity contribution is 0.0226. The van der Waals surface area contributed by atoms with Crippen molar-refractivity contribution in [3.05, 3.63) is 112 Å². The summed E-state index contributed by atoms with van der Waals surface area (Å²) in [5.74, 6) is 1.62. The Labute approximate surface area is 248 Å². The van der Waals surface area contributed by atoms with Crippen molar-refractivity contribution in [2.24, 2.45) is 0 Å². The third kappa shape index (κ3) is 4.34. The SMILES string of the molecule is CCCCNc1c(C2CCCCC2)ccc2c1C1(OC(=O)c3ccccc31)c1cc(Nc3ccccc3)c(C)cc1O2. The van der Waals surface area contributed by atoms with Gasteiger partial charge in [-0.1, -0.05) is 75.1 Å². The van der Waals surface area contributed by atoms with Crippen LogP contribution in [0.4, 0.5) is 17.1 Å². The van der Waals surface area contributed by atoms with Gasteiger partial charge in [0.1, 0.15) is 11.5 Å². The molecule has 4 aromatic carbocycles. The highest BCUT2D eigenvalue weighted by Crippen LogP contribution is 2.60. The number of carbonyl (C=O) groups is 1. The van der Waals surface area contributed by atoms with E-state index in [1.54, 1.807) is 0 Å². The first-order chi connectivity index (χ1) is 20.6. The molecule has 1 spiro atoms. The fraction of sp³-hybridized carbons (Fsp3) is 0.324. The monoisotopic (exact) mass is 558 g/mol. The van der Waals surface area contributed by atoms with Gasteiger partial charge in [-0.05, 0) is 79.6 Å². The fourth-order valence-corrected chi connectivity index (χ4v) is 7.08. The van der Waals surface area contributed by atoms with Crippen LogP contribution in [0, 0.1) is 6.92 Å². The second-order valence-electron chi connectivity index (χ2n) is 11.9. The van der Waals surface area contributed by atoms with Gasteiger partial charge in [0, 0.05) is 34.7 Å². The zero-order chi connectivity index (χ0) is 28.7. The number of rotatable bonds is 7. The van der Waals surface area contributed by atoms with Crippen molar-refractivity contribution >= 4 is 23.0 Å². The number of aryl methyl sites for hydroxylation is 1. The Hall–Kier alpha value is -4.25. The molecule has 1 aliphatic carbocycles. The first kappa shape index (κ1) is 26.6. The van der Waals surface area contributed by atoms with Gasteiger partial charge in [0.15, 0.2) is 5.60 Å². The number of unbranched alkanes of at least 4 members (excludes halogenated alkanes) is 1. The van der Waals surface area contributed by atoms with Crippen LogP contribution < -0.4 is 15.4 Å². The maximum atomic E-state index is 13.7. The van der Waals surface area contributed by atoms with Crippen LogP contribution in [0.5, 0.6) is 11.5 Å². The van der Waals surface area contributed by atoms with Crippen molar-refractivity contribution in [1.82, 2.24) is 0 Å². The van der Waals surface area contributed by atoms with Crippen molar-refractivity contribution in [1.29, 1.82) is 0 Å². The van der Waals surface area contributed by atoms with Crippen LogP contribution in [0.2, 0.25) is 0 Å². The minimum atomic E-state index is -1.13. The normalized spacial score (nSPS) is 19.0. The molecule has 1 atom stereocenters. The van der Waals surface area contributed by atoms with E-state index in [-0.39, 0.29) is 5.97 Å². The van der Waals surface area contributed by atoms with Crippen LogP contribution in [-0.4, -0.2) is 12.5 Å². The summed E-state index contributed by atoms with van der Waals surface area (Å²) in [6.45, 7) is 5.14. The molecule has 3 aliphatic rings. The molecule has 5 heteroatoms. The fourth-order valence-electron chi connectivity index (χ4n) is 7.08. The van der Waals surface area contributed by atoms with E-state index in [0.717, 1.165) is 64.5 Å². The summed E-state index contributed by atoms with van der Waals surface area (Å²) in [7, 11) is 0. The van der Waals surface area contributed by atoms with Crippen LogP contribution in [0.1, 0.15) is 96.0 Å². The maximum absolute atomic E-state index is 13.7. The molecule has 2 heterocycles. The summed E-state index contributed by atoms with van der Waals surface area (Å²) in [6.07, 6.45) is 8.27. The first-order valence-electron chi connectivity index (χ1n) is 15.5. The van der Waals surface area contributed by atoms with Crippen molar-refractivity contribution in [3.8, 4) is 11.5 Å². The number of hydrogen-bond donors (Lipinski definition) is 2. The Kier molecular flexibility index (Phi) is 6.89. The van der Waals surface area contributed by atoms with Crippen molar-refractivity contribution in [2.45, 2.75) is 70.3 Å². The van der Waals surface area contributed by atoms with Gasteiger partial charge >= 0.3 is 5.97 Å². The van der Waals surface area contributed by atoms with Gasteiger partial charge in [0.25, 0.3) is 0 Å². The van der Waals surface area contributed by atoms with Crippen LogP contribution in [0.25, 0.3) is 0 Å². The highest BCUT2D eigenvalue weighted by atomic mass is 16.6. The number of esters is 1. The van der Waals surface area contributed by atoms with Gasteiger partial charge in [-0.2, -0.15) is 0 Å². The number of fused-ring (bicyclic) bond motifs is 6. The summed E-state index contributed by atoms with van der Waals surface area (Å²) in [5, 5.41) is 7.44. The lowest BCUT2D eigenvalue weighted by Crippen LogP contribution is -2.35. The molecule has 42 heavy (non-hydrogen) atoms. The standard InChI is InChI=1S/C37H38N2O3/c1-3-4-21-38-35-27(25-13-7-5-8-14-25)19-20-32-34(35)37(29-18-12-11-17-28(29)36(40)42-37)30-23-31(24(2)22-33(30)41-32)39-26-15-9-6-10-16-26/h6,9-12,15-20,22-23,25,38-39H,3-5,7-8,13-14,21H2,1-2H3. The molecule has 5 nitrogen and oxygen atoms in total. The molecule has 0 radical (unpaired) electrons. The van der Waals surface area contributed by atoms with E-state index in [2.05, 4.69) is 60.9 Å². The van der Waals surface area contributed by atoms with E-state index in [0.29, 0.717) is 17.2 Å². The molecule has 2 N–H and O–H groups in total. The Morgan fingerprint density at radius 3 is 2.48 bits per heavy atom. The summed E-state index contributed by atoms with van der Waals surface area (Å²) >= 11 is 0. The minimum Gasteiger partial charge on any atom is -0.456 e. The molecule has 0 saturated heterocycles. The van der Waals surface area contributed by atoms with Gasteiger partial charge in [0.05, 0.1) is 11.1 Å². The summed E-state index contributed by atoms with van der Waals surface area (Å²) < 4.78 is 13.4. The lowest BCUT2D eigenvalue weighted by Gasteiger charge is -2.40. The van der Waals surface area contributed by atoms with Crippen molar-refractivity contribution < 1.29 is 14.3 Å². The van der Waals surface area contributed by atoms with Gasteiger partial charge in [0.2, 0.25) is 0 Å². The van der Waals surface area contributed by atoms with E-state index in [9.17, 15) is 4.79 Å². The van der Waals surface area contributed by atoms with Gasteiger partial charge < -0.3 is 20.1 Å². The molecule has 1 unspecified atom stereocenters. The molecule has 214 valence electrons. The number of ether oxygens (including phenoxy) is 2. The van der Waals surface area contributed by atoms with Crippen molar-refractivity contribution in [3.63, 3.8) is 0 Å². The predicted octanol–water partition coefficient (Wildman–Crippen LogP) is 9.57. The van der Waals surface area contributed by atoms with Crippen molar-refractivity contribution in [2.75, 3.05) is 17.2 Å². The number of anilines is 3. The Balaban J connectivity index is 1.49. The highest BCUT2D eigenvalue weighted by molar-refractivity contribution is 5.98. The number of para-hydroxylation sites is 1. The molecule has 0 amide bonds. The van der Waals surface area contributed by atoms with Crippen LogP contribution in [-0.2, 0) is 10.3 Å². The quantitative estimate of drug-likeness (QED) is 0.175. The van der Waals surface area contributed by atoms with Crippen LogP contribution in [0.3, 0.4) is 0 Å². The molecule has 2 aliphatic heterocycles. The van der Waals surface area contributed by atoms with Crippen LogP contribution >= 0.6 is 0 Å². The average Bonchev–Trinajstić information content (AvgIpc) is 3.31. The average molecular weight is 559 g/mol. The Bertz CT molecular complexity index is 1640. The largest absolute Gasteiger partial charge is 0.456 e. The van der Waals surface area contributed by atoms with E-state index < -0.39 is 5.60 Å². The predicted molar refractivity (Wildman–Crippen MR) is 168 cm³/mol. The maximum Gasteiger partial charge on any atom is 0.340 e. The van der Waals surface area contributed by atoms with E-state index >= 15 is 0 Å². The zero-order valence-corrected chi connectivity index (χ0v) is 24.5. The van der Waals surface area contributed by atoms with Gasteiger partial charge in [-0.25, -0.2) is 4.79 Å². The number of nitrogens with one attached hydrogen (secondary N) is 2. The van der Waals surface area contributed by atoms with Crippen LogP contribution in [0.15, 0.2) is 78.9 Å². The highest BCUT2D eigenvalue weighted by Gasteiger charge is 2.55. The molecule has 0 aromatic heterocycles. The topological polar surface area (TPSA) is 59.6 Å². The molecule has 0 bridgehead atoms. The number of hydrogen-bond acceptors (Lipinski definition) is 5. The molecule has 7 rings (SSSR count). The lowest BCUT2D eigenvalue weighted by atomic mass is 9.74. The number of carbonyl (C=O) groups excluding carboxylic acids is 1. The van der Waals surface area contributed by atoms with Gasteiger partial charge in [-0.15, -0.1) is 0 Å². The summed E-state index contributed by atoms with van der Waals surface area (Å²) in [6, 6.07) is 26.6. The molecule has 4 aromatic rings. The minimum absolute atomic E-state index is 0.301. The van der Waals surface area contributed by atoms with E-state index in [4.69, 9.17) is 9.47 Å². The smallest absolute Gasteiger partial charge is 0.340 e. The molecular weight excluding hydrogens is 520 g/mol. The Morgan fingerprint density at radius 2 is 1.67 bits per heavy atom. The van der Waals surface area contributed by atoms with E-state index in [1.165, 1.54) is 37.7 Å². The first-order valence-corrected chi connectivity index (χ1v) is 15.5. The summed E-state index contributed by atoms with van der Waals surface area (Å²) in [4.78, 5) is 13.7. The van der Waals surface area contributed by atoms with Gasteiger partial charge in [-0.3, -0.25) is 0 Å². The second-order valence-corrected chi connectivity index (χ2v) is 11.9. The molecule has 1 saturated carbocycles. The third-order valence-corrected chi connectivity index (χ3v) is 9.18. The molecule has 1 fully saturated rings. The summed E-state index contributed by atoms with van der Waals surface area (Å²) in [5.41, 5.74) is 7.50. The number of benzene rings is 4. The zero-order valence-electron chi connectivity index (χ0n) is 24.5. The Morgan fingerprint density at radius 1 is 0.881 bits per heavy atom. The third-order valence-electron chi connectivity index (χ3n) is 9.18. The van der Waals surface area contributed by atoms with E-state index in [1.807, 2.05) is 42.5 Å². The molecular formula is C37H38N2O3.